The summed E-state index contributed by atoms with van der Waals surface area (Å²) < 4.78 is 2.88. The van der Waals surface area contributed by atoms with Crippen molar-refractivity contribution in [2.45, 2.75) is 26.3 Å². The van der Waals surface area contributed by atoms with Crippen molar-refractivity contribution in [2.24, 2.45) is 5.92 Å². The Hall–Kier alpha value is -0.570. The number of hydrogen-bond acceptors (Lipinski definition) is 1. The van der Waals surface area contributed by atoms with Gasteiger partial charge in [0.05, 0.1) is 0 Å². The molecule has 0 N–H and O–H groups in total. The molecule has 1 aromatic heterocycles. The van der Waals surface area contributed by atoms with E-state index in [-0.39, 0.29) is 5.56 Å². The van der Waals surface area contributed by atoms with Gasteiger partial charge in [0.1, 0.15) is 0 Å². The zero-order chi connectivity index (χ0) is 9.42. The molecule has 1 heterocycles. The number of hydrogen-bond donors (Lipinski definition) is 0. The highest BCUT2D eigenvalue weighted by Gasteiger charge is 2.22. The summed E-state index contributed by atoms with van der Waals surface area (Å²) in [7, 11) is 0. The molecule has 2 nitrogen and oxygen atoms in total. The molecule has 3 heteroatoms. The van der Waals surface area contributed by atoms with E-state index in [9.17, 15) is 4.79 Å². The van der Waals surface area contributed by atoms with E-state index in [1.807, 2.05) is 17.6 Å². The van der Waals surface area contributed by atoms with Crippen molar-refractivity contribution in [1.29, 1.82) is 0 Å². The largest absolute Gasteiger partial charge is 0.312 e. The van der Waals surface area contributed by atoms with Gasteiger partial charge in [0.15, 0.2) is 0 Å². The summed E-state index contributed by atoms with van der Waals surface area (Å²) in [5.41, 5.74) is 1.16. The summed E-state index contributed by atoms with van der Waals surface area (Å²) in [6, 6.07) is 3.44. The molecule has 0 amide bonds. The highest BCUT2D eigenvalue weighted by molar-refractivity contribution is 9.10. The maximum Gasteiger partial charge on any atom is 0.250 e. The van der Waals surface area contributed by atoms with E-state index in [1.54, 1.807) is 6.07 Å². The van der Waals surface area contributed by atoms with Crippen LogP contribution < -0.4 is 5.56 Å². The van der Waals surface area contributed by atoms with E-state index in [0.29, 0.717) is 0 Å². The van der Waals surface area contributed by atoms with Gasteiger partial charge < -0.3 is 4.57 Å². The average molecular weight is 242 g/mol. The van der Waals surface area contributed by atoms with Crippen LogP contribution in [0.1, 0.15) is 18.5 Å². The van der Waals surface area contributed by atoms with Crippen LogP contribution >= 0.6 is 15.9 Å². The molecule has 0 aromatic carbocycles. The van der Waals surface area contributed by atoms with E-state index in [4.69, 9.17) is 0 Å². The standard InChI is InChI=1S/C10H12BrNO/c1-7-9(11)4-5-10(13)12(7)6-8-2-3-8/h4-5,8H,2-3,6H2,1H3. The first kappa shape index (κ1) is 9.00. The van der Waals surface area contributed by atoms with E-state index in [2.05, 4.69) is 15.9 Å². The zero-order valence-corrected chi connectivity index (χ0v) is 9.17. The molecule has 0 bridgehead atoms. The molecule has 0 saturated heterocycles. The summed E-state index contributed by atoms with van der Waals surface area (Å²) in [5.74, 6) is 0.741. The van der Waals surface area contributed by atoms with Crippen molar-refractivity contribution in [3.63, 3.8) is 0 Å². The van der Waals surface area contributed by atoms with E-state index in [0.717, 1.165) is 22.6 Å². The lowest BCUT2D eigenvalue weighted by Crippen LogP contribution is -2.22. The third kappa shape index (κ3) is 1.85. The monoisotopic (exact) mass is 241 g/mol. The molecule has 0 aliphatic heterocycles. The average Bonchev–Trinajstić information content (AvgIpc) is 2.89. The Morgan fingerprint density at radius 3 is 2.85 bits per heavy atom. The second kappa shape index (κ2) is 3.29. The molecular formula is C10H12BrNO. The lowest BCUT2D eigenvalue weighted by atomic mass is 10.3. The van der Waals surface area contributed by atoms with Crippen LogP contribution in [0, 0.1) is 12.8 Å². The first-order valence-electron chi connectivity index (χ1n) is 4.54. The van der Waals surface area contributed by atoms with Gasteiger partial charge in [0.25, 0.3) is 5.56 Å². The molecule has 13 heavy (non-hydrogen) atoms. The van der Waals surface area contributed by atoms with Crippen LogP contribution in [0.4, 0.5) is 0 Å². The molecule has 1 aromatic rings. The highest BCUT2D eigenvalue weighted by Crippen LogP contribution is 2.30. The highest BCUT2D eigenvalue weighted by atomic mass is 79.9. The molecule has 0 unspecified atom stereocenters. The minimum Gasteiger partial charge on any atom is -0.312 e. The lowest BCUT2D eigenvalue weighted by Gasteiger charge is -2.09. The van der Waals surface area contributed by atoms with Gasteiger partial charge >= 0.3 is 0 Å². The maximum absolute atomic E-state index is 11.5. The van der Waals surface area contributed by atoms with Crippen molar-refractivity contribution < 1.29 is 0 Å². The summed E-state index contributed by atoms with van der Waals surface area (Å²) in [5, 5.41) is 0. The summed E-state index contributed by atoms with van der Waals surface area (Å²) in [4.78, 5) is 11.5. The van der Waals surface area contributed by atoms with Crippen molar-refractivity contribution in [3.05, 3.63) is 32.7 Å². The van der Waals surface area contributed by atoms with Crippen LogP contribution in [-0.4, -0.2) is 4.57 Å². The molecule has 0 spiro atoms. The normalized spacial score (nSPS) is 16.2. The van der Waals surface area contributed by atoms with E-state index in [1.165, 1.54) is 12.8 Å². The molecule has 70 valence electrons. The fourth-order valence-corrected chi connectivity index (χ4v) is 1.78. The predicted molar refractivity (Wildman–Crippen MR) is 55.9 cm³/mol. The molecule has 1 saturated carbocycles. The van der Waals surface area contributed by atoms with Crippen LogP contribution in [-0.2, 0) is 6.54 Å². The molecule has 1 aliphatic rings. The maximum atomic E-state index is 11.5. The first-order valence-corrected chi connectivity index (χ1v) is 5.33. The fourth-order valence-electron chi connectivity index (χ4n) is 1.43. The van der Waals surface area contributed by atoms with Crippen LogP contribution in [0.5, 0.6) is 0 Å². The van der Waals surface area contributed by atoms with Crippen LogP contribution in [0.3, 0.4) is 0 Å². The van der Waals surface area contributed by atoms with Gasteiger partial charge in [-0.15, -0.1) is 0 Å². The van der Waals surface area contributed by atoms with Crippen LogP contribution in [0.2, 0.25) is 0 Å². The van der Waals surface area contributed by atoms with Crippen molar-refractivity contribution in [1.82, 2.24) is 4.57 Å². The van der Waals surface area contributed by atoms with Crippen molar-refractivity contribution >= 4 is 15.9 Å². The number of halogens is 1. The third-order valence-electron chi connectivity index (χ3n) is 2.53. The quantitative estimate of drug-likeness (QED) is 0.780. The van der Waals surface area contributed by atoms with Gasteiger partial charge in [-0.25, -0.2) is 0 Å². The number of aromatic nitrogens is 1. The molecular weight excluding hydrogens is 230 g/mol. The SMILES string of the molecule is Cc1c(Br)ccc(=O)n1CC1CC1. The predicted octanol–water partition coefficient (Wildman–Crippen LogP) is 2.33. The van der Waals surface area contributed by atoms with Gasteiger partial charge in [-0.3, -0.25) is 4.79 Å². The Bertz CT molecular complexity index is 379. The lowest BCUT2D eigenvalue weighted by molar-refractivity contribution is 0.589. The minimum atomic E-state index is 0.118. The Kier molecular flexibility index (Phi) is 2.28. The summed E-state index contributed by atoms with van der Waals surface area (Å²) in [6.45, 7) is 2.87. The van der Waals surface area contributed by atoms with Gasteiger partial charge in [0, 0.05) is 22.8 Å². The number of pyridine rings is 1. The number of rotatable bonds is 2. The number of nitrogens with zero attached hydrogens (tertiary/aromatic N) is 1. The smallest absolute Gasteiger partial charge is 0.250 e. The zero-order valence-electron chi connectivity index (χ0n) is 7.59. The van der Waals surface area contributed by atoms with E-state index >= 15 is 0 Å². The summed E-state index contributed by atoms with van der Waals surface area (Å²) >= 11 is 3.43. The fraction of sp³-hybridized carbons (Fsp3) is 0.500. The third-order valence-corrected chi connectivity index (χ3v) is 3.36. The van der Waals surface area contributed by atoms with Crippen LogP contribution in [0.25, 0.3) is 0 Å². The molecule has 1 aliphatic carbocycles. The van der Waals surface area contributed by atoms with Gasteiger partial charge in [-0.05, 0) is 47.7 Å². The van der Waals surface area contributed by atoms with Crippen molar-refractivity contribution in [2.75, 3.05) is 0 Å². The Morgan fingerprint density at radius 2 is 2.23 bits per heavy atom. The Balaban J connectivity index is 2.40. The molecule has 1 fully saturated rings. The molecule has 2 rings (SSSR count). The Labute approximate surface area is 85.7 Å². The van der Waals surface area contributed by atoms with E-state index < -0.39 is 0 Å². The van der Waals surface area contributed by atoms with Gasteiger partial charge in [0.2, 0.25) is 0 Å². The second-order valence-corrected chi connectivity index (χ2v) is 4.51. The topological polar surface area (TPSA) is 22.0 Å². The molecule has 0 atom stereocenters. The van der Waals surface area contributed by atoms with Gasteiger partial charge in [-0.1, -0.05) is 0 Å². The second-order valence-electron chi connectivity index (χ2n) is 3.66. The minimum absolute atomic E-state index is 0.118. The molecule has 0 radical (unpaired) electrons. The Morgan fingerprint density at radius 1 is 1.54 bits per heavy atom. The van der Waals surface area contributed by atoms with Gasteiger partial charge in [-0.2, -0.15) is 0 Å². The van der Waals surface area contributed by atoms with Crippen LogP contribution in [0.15, 0.2) is 21.4 Å². The van der Waals surface area contributed by atoms with Crippen molar-refractivity contribution in [3.8, 4) is 0 Å². The first-order chi connectivity index (χ1) is 6.18. The summed E-state index contributed by atoms with van der Waals surface area (Å²) in [6.07, 6.45) is 2.55.